The molecule has 0 unspecified atom stereocenters. The molecule has 0 bridgehead atoms. The van der Waals surface area contributed by atoms with E-state index in [4.69, 9.17) is 0 Å². The van der Waals surface area contributed by atoms with Crippen LogP contribution in [-0.4, -0.2) is 11.5 Å². The molecule has 1 aromatic heterocycles. The van der Waals surface area contributed by atoms with Crippen LogP contribution in [0.15, 0.2) is 30.5 Å². The molecule has 2 aromatic rings. The van der Waals surface area contributed by atoms with Crippen LogP contribution in [0.5, 0.6) is 0 Å². The van der Waals surface area contributed by atoms with E-state index in [0.29, 0.717) is 0 Å². The first-order chi connectivity index (χ1) is 7.81. The van der Waals surface area contributed by atoms with Gasteiger partial charge in [-0.15, -0.1) is 0 Å². The molecule has 1 N–H and O–H groups in total. The van der Waals surface area contributed by atoms with Crippen LogP contribution in [0.4, 0.5) is 5.13 Å². The molecule has 0 fully saturated rings. The summed E-state index contributed by atoms with van der Waals surface area (Å²) in [7, 11) is 0. The molecule has 0 spiro atoms. The van der Waals surface area contributed by atoms with Crippen LogP contribution >= 0.6 is 11.3 Å². The molecule has 0 amide bonds. The van der Waals surface area contributed by atoms with E-state index >= 15 is 0 Å². The molecule has 3 heteroatoms. The van der Waals surface area contributed by atoms with Gasteiger partial charge in [-0.2, -0.15) is 0 Å². The average Bonchev–Trinajstić information content (AvgIpc) is 2.75. The first kappa shape index (κ1) is 11.1. The molecular formula is C13H16N2S. The van der Waals surface area contributed by atoms with Gasteiger partial charge in [0.15, 0.2) is 5.13 Å². The van der Waals surface area contributed by atoms with E-state index in [1.165, 1.54) is 16.0 Å². The SMILES string of the molecule is CCCNc1ncc(-c2ccccc2C)s1. The van der Waals surface area contributed by atoms with Crippen molar-refractivity contribution in [3.05, 3.63) is 36.0 Å². The smallest absolute Gasteiger partial charge is 0.183 e. The van der Waals surface area contributed by atoms with Gasteiger partial charge in [0.05, 0.1) is 4.88 Å². The summed E-state index contributed by atoms with van der Waals surface area (Å²) in [5, 5.41) is 4.33. The molecule has 0 saturated carbocycles. The minimum Gasteiger partial charge on any atom is -0.362 e. The van der Waals surface area contributed by atoms with Crippen molar-refractivity contribution in [2.45, 2.75) is 20.3 Å². The molecule has 84 valence electrons. The summed E-state index contributed by atoms with van der Waals surface area (Å²) in [5.41, 5.74) is 2.58. The van der Waals surface area contributed by atoms with Crippen molar-refractivity contribution < 1.29 is 0 Å². The zero-order valence-corrected chi connectivity index (χ0v) is 10.5. The highest BCUT2D eigenvalue weighted by atomic mass is 32.1. The lowest BCUT2D eigenvalue weighted by Crippen LogP contribution is -1.97. The van der Waals surface area contributed by atoms with Crippen molar-refractivity contribution in [1.82, 2.24) is 4.98 Å². The maximum Gasteiger partial charge on any atom is 0.183 e. The molecule has 0 atom stereocenters. The maximum atomic E-state index is 4.38. The number of hydrogen-bond acceptors (Lipinski definition) is 3. The van der Waals surface area contributed by atoms with E-state index < -0.39 is 0 Å². The van der Waals surface area contributed by atoms with Crippen molar-refractivity contribution in [3.63, 3.8) is 0 Å². The number of rotatable bonds is 4. The Morgan fingerprint density at radius 2 is 2.12 bits per heavy atom. The Bertz CT molecular complexity index is 462. The number of thiazole rings is 1. The predicted octanol–water partition coefficient (Wildman–Crippen LogP) is 3.94. The van der Waals surface area contributed by atoms with Gasteiger partial charge in [-0.3, -0.25) is 0 Å². The van der Waals surface area contributed by atoms with Gasteiger partial charge in [-0.1, -0.05) is 42.5 Å². The molecule has 16 heavy (non-hydrogen) atoms. The van der Waals surface area contributed by atoms with Crippen LogP contribution in [0.2, 0.25) is 0 Å². The van der Waals surface area contributed by atoms with Crippen molar-refractivity contribution in [2.75, 3.05) is 11.9 Å². The highest BCUT2D eigenvalue weighted by molar-refractivity contribution is 7.18. The first-order valence-electron chi connectivity index (χ1n) is 5.57. The van der Waals surface area contributed by atoms with E-state index in [1.807, 2.05) is 6.20 Å². The molecular weight excluding hydrogens is 216 g/mol. The fourth-order valence-corrected chi connectivity index (χ4v) is 2.49. The normalized spacial score (nSPS) is 10.4. The lowest BCUT2D eigenvalue weighted by molar-refractivity contribution is 0.976. The molecule has 0 aliphatic heterocycles. The second kappa shape index (κ2) is 5.12. The molecule has 1 heterocycles. The second-order valence-corrected chi connectivity index (χ2v) is 4.80. The Morgan fingerprint density at radius 1 is 1.31 bits per heavy atom. The molecule has 1 aromatic carbocycles. The van der Waals surface area contributed by atoms with Crippen LogP contribution in [0.25, 0.3) is 10.4 Å². The first-order valence-corrected chi connectivity index (χ1v) is 6.38. The number of aryl methyl sites for hydroxylation is 1. The number of nitrogens with one attached hydrogen (secondary N) is 1. The Balaban J connectivity index is 2.22. The third-order valence-electron chi connectivity index (χ3n) is 2.44. The Labute approximate surface area is 100 Å². The summed E-state index contributed by atoms with van der Waals surface area (Å²) in [6.45, 7) is 5.28. The Hall–Kier alpha value is -1.35. The number of aromatic nitrogens is 1. The van der Waals surface area contributed by atoms with E-state index in [9.17, 15) is 0 Å². The van der Waals surface area contributed by atoms with Gasteiger partial charge in [-0.05, 0) is 24.5 Å². The largest absolute Gasteiger partial charge is 0.362 e. The van der Waals surface area contributed by atoms with Gasteiger partial charge < -0.3 is 5.32 Å². The quantitative estimate of drug-likeness (QED) is 0.863. The summed E-state index contributed by atoms with van der Waals surface area (Å²) < 4.78 is 0. The minimum atomic E-state index is 0.987. The lowest BCUT2D eigenvalue weighted by Gasteiger charge is -2.01. The summed E-state index contributed by atoms with van der Waals surface area (Å²) in [5.74, 6) is 0. The highest BCUT2D eigenvalue weighted by Gasteiger charge is 2.05. The van der Waals surface area contributed by atoms with Gasteiger partial charge in [0.1, 0.15) is 0 Å². The zero-order valence-electron chi connectivity index (χ0n) is 9.66. The topological polar surface area (TPSA) is 24.9 Å². The van der Waals surface area contributed by atoms with E-state index in [-0.39, 0.29) is 0 Å². The fourth-order valence-electron chi connectivity index (χ4n) is 1.56. The fraction of sp³-hybridized carbons (Fsp3) is 0.308. The van der Waals surface area contributed by atoms with Crippen LogP contribution in [0.1, 0.15) is 18.9 Å². The minimum absolute atomic E-state index is 0.987. The zero-order chi connectivity index (χ0) is 11.4. The summed E-state index contributed by atoms with van der Waals surface area (Å²) in [6, 6.07) is 8.41. The number of hydrogen-bond donors (Lipinski definition) is 1. The third kappa shape index (κ3) is 2.42. The molecule has 2 nitrogen and oxygen atoms in total. The van der Waals surface area contributed by atoms with Crippen LogP contribution in [-0.2, 0) is 0 Å². The van der Waals surface area contributed by atoms with Crippen molar-refractivity contribution in [1.29, 1.82) is 0 Å². The number of nitrogens with zero attached hydrogens (tertiary/aromatic N) is 1. The average molecular weight is 232 g/mol. The van der Waals surface area contributed by atoms with Gasteiger partial charge in [0, 0.05) is 12.7 Å². The van der Waals surface area contributed by atoms with Gasteiger partial charge in [0.25, 0.3) is 0 Å². The predicted molar refractivity (Wildman–Crippen MR) is 71.1 cm³/mol. The maximum absolute atomic E-state index is 4.38. The van der Waals surface area contributed by atoms with E-state index in [2.05, 4.69) is 48.4 Å². The molecule has 0 aliphatic carbocycles. The van der Waals surface area contributed by atoms with E-state index in [1.54, 1.807) is 11.3 Å². The molecule has 0 aliphatic rings. The Morgan fingerprint density at radius 3 is 2.88 bits per heavy atom. The number of benzene rings is 1. The van der Waals surface area contributed by atoms with E-state index in [0.717, 1.165) is 18.1 Å². The Kier molecular flexibility index (Phi) is 3.57. The monoisotopic (exact) mass is 232 g/mol. The lowest BCUT2D eigenvalue weighted by atomic mass is 10.1. The summed E-state index contributed by atoms with van der Waals surface area (Å²) in [6.07, 6.45) is 3.07. The second-order valence-electron chi connectivity index (χ2n) is 3.77. The van der Waals surface area contributed by atoms with Crippen molar-refractivity contribution >= 4 is 16.5 Å². The standard InChI is InChI=1S/C13H16N2S/c1-3-8-14-13-15-9-12(16-13)11-7-5-4-6-10(11)2/h4-7,9H,3,8H2,1-2H3,(H,14,15). The van der Waals surface area contributed by atoms with Crippen molar-refractivity contribution in [2.24, 2.45) is 0 Å². The third-order valence-corrected chi connectivity index (χ3v) is 3.43. The molecule has 0 radical (unpaired) electrons. The van der Waals surface area contributed by atoms with Gasteiger partial charge >= 0.3 is 0 Å². The van der Waals surface area contributed by atoms with Gasteiger partial charge in [-0.25, -0.2) is 4.98 Å². The van der Waals surface area contributed by atoms with Gasteiger partial charge in [0.2, 0.25) is 0 Å². The van der Waals surface area contributed by atoms with Crippen LogP contribution < -0.4 is 5.32 Å². The number of anilines is 1. The van der Waals surface area contributed by atoms with Crippen LogP contribution in [0.3, 0.4) is 0 Å². The highest BCUT2D eigenvalue weighted by Crippen LogP contribution is 2.30. The molecule has 2 rings (SSSR count). The molecule has 0 saturated heterocycles. The van der Waals surface area contributed by atoms with Crippen molar-refractivity contribution in [3.8, 4) is 10.4 Å². The van der Waals surface area contributed by atoms with Crippen LogP contribution in [0, 0.1) is 6.92 Å². The summed E-state index contributed by atoms with van der Waals surface area (Å²) >= 11 is 1.72. The summed E-state index contributed by atoms with van der Waals surface area (Å²) in [4.78, 5) is 5.61.